The molecule has 0 bridgehead atoms. The summed E-state index contributed by atoms with van der Waals surface area (Å²) in [5.41, 5.74) is 5.08. The van der Waals surface area contributed by atoms with E-state index < -0.39 is 11.0 Å². The van der Waals surface area contributed by atoms with Crippen LogP contribution in [0.5, 0.6) is 5.75 Å². The number of hydrogen-bond acceptors (Lipinski definition) is 5. The Morgan fingerprint density at radius 1 is 1.69 bits per heavy atom. The van der Waals surface area contributed by atoms with Crippen LogP contribution < -0.4 is 10.5 Å². The highest BCUT2D eigenvalue weighted by Gasteiger charge is 2.16. The summed E-state index contributed by atoms with van der Waals surface area (Å²) in [6.45, 7) is -0.127. The summed E-state index contributed by atoms with van der Waals surface area (Å²) < 4.78 is 5.06. The van der Waals surface area contributed by atoms with Crippen LogP contribution in [-0.2, 0) is 0 Å². The van der Waals surface area contributed by atoms with Crippen molar-refractivity contribution >= 4 is 17.3 Å². The molecule has 0 radical (unpaired) electrons. The van der Waals surface area contributed by atoms with Crippen molar-refractivity contribution in [3.8, 4) is 11.8 Å². The Labute approximate surface area is 96.3 Å². The third-order valence-electron chi connectivity index (χ3n) is 1.70. The second kappa shape index (κ2) is 5.30. The Hall–Kier alpha value is -1.84. The van der Waals surface area contributed by atoms with Crippen LogP contribution in [0, 0.1) is 21.4 Å². The largest absolute Gasteiger partial charge is 0.484 e. The van der Waals surface area contributed by atoms with E-state index in [2.05, 4.69) is 0 Å². The number of nitriles is 1. The van der Waals surface area contributed by atoms with Gasteiger partial charge in [-0.15, -0.1) is 0 Å². The Kier molecular flexibility index (Phi) is 4.05. The highest BCUT2D eigenvalue weighted by atomic mass is 35.5. The molecule has 0 saturated carbocycles. The molecule has 1 aromatic rings. The van der Waals surface area contributed by atoms with Crippen LogP contribution in [0.25, 0.3) is 0 Å². The van der Waals surface area contributed by atoms with E-state index >= 15 is 0 Å². The Bertz CT molecular complexity index is 444. The summed E-state index contributed by atoms with van der Waals surface area (Å²) in [6, 6.07) is 4.84. The molecule has 0 fully saturated rings. The van der Waals surface area contributed by atoms with Gasteiger partial charge in [0.15, 0.2) is 5.75 Å². The SMILES string of the molecule is N#CC(N)COc1cc(Cl)ccc1[N+](=O)[O-]. The quantitative estimate of drug-likeness (QED) is 0.635. The summed E-state index contributed by atoms with van der Waals surface area (Å²) in [4.78, 5) is 10.0. The van der Waals surface area contributed by atoms with E-state index in [9.17, 15) is 10.1 Å². The van der Waals surface area contributed by atoms with E-state index in [1.54, 1.807) is 6.07 Å². The van der Waals surface area contributed by atoms with E-state index in [0.29, 0.717) is 5.02 Å². The molecule has 0 aliphatic carbocycles. The number of nitrogens with zero attached hydrogens (tertiary/aromatic N) is 2. The van der Waals surface area contributed by atoms with Gasteiger partial charge in [-0.2, -0.15) is 5.26 Å². The summed E-state index contributed by atoms with van der Waals surface area (Å²) in [5.74, 6) is 0.00296. The van der Waals surface area contributed by atoms with Crippen molar-refractivity contribution in [2.75, 3.05) is 6.61 Å². The van der Waals surface area contributed by atoms with E-state index in [4.69, 9.17) is 27.3 Å². The molecule has 7 heteroatoms. The Morgan fingerprint density at radius 2 is 2.38 bits per heavy atom. The first kappa shape index (κ1) is 12.2. The molecule has 0 aromatic heterocycles. The zero-order valence-electron chi connectivity index (χ0n) is 8.09. The number of rotatable bonds is 4. The highest BCUT2D eigenvalue weighted by molar-refractivity contribution is 6.30. The molecule has 2 N–H and O–H groups in total. The second-order valence-corrected chi connectivity index (χ2v) is 3.35. The molecule has 0 heterocycles. The number of benzene rings is 1. The molecular formula is C9H8ClN3O3. The van der Waals surface area contributed by atoms with Gasteiger partial charge in [0.1, 0.15) is 12.6 Å². The molecule has 16 heavy (non-hydrogen) atoms. The topological polar surface area (TPSA) is 102 Å². The molecule has 0 aliphatic heterocycles. The minimum absolute atomic E-state index is 0.00296. The van der Waals surface area contributed by atoms with Gasteiger partial charge in [-0.05, 0) is 6.07 Å². The lowest BCUT2D eigenvalue weighted by Gasteiger charge is -2.07. The molecule has 0 aliphatic rings. The number of nitro benzene ring substituents is 1. The lowest BCUT2D eigenvalue weighted by Crippen LogP contribution is -2.25. The molecule has 1 atom stereocenters. The summed E-state index contributed by atoms with van der Waals surface area (Å²) in [5, 5.41) is 19.4. The predicted molar refractivity (Wildman–Crippen MR) is 57.2 cm³/mol. The van der Waals surface area contributed by atoms with Gasteiger partial charge < -0.3 is 10.5 Å². The first-order valence-corrected chi connectivity index (χ1v) is 4.64. The summed E-state index contributed by atoms with van der Waals surface area (Å²) in [7, 11) is 0. The van der Waals surface area contributed by atoms with Crippen LogP contribution >= 0.6 is 11.6 Å². The fourth-order valence-corrected chi connectivity index (χ4v) is 1.13. The summed E-state index contributed by atoms with van der Waals surface area (Å²) >= 11 is 5.67. The fourth-order valence-electron chi connectivity index (χ4n) is 0.971. The van der Waals surface area contributed by atoms with Crippen molar-refractivity contribution < 1.29 is 9.66 Å². The number of nitrogens with two attached hydrogens (primary N) is 1. The minimum atomic E-state index is -0.835. The van der Waals surface area contributed by atoms with Crippen molar-refractivity contribution in [1.82, 2.24) is 0 Å². The Morgan fingerprint density at radius 3 is 2.94 bits per heavy atom. The van der Waals surface area contributed by atoms with Gasteiger partial charge in [0, 0.05) is 17.2 Å². The number of nitro groups is 1. The number of halogens is 1. The molecule has 84 valence electrons. The molecule has 0 amide bonds. The zero-order valence-corrected chi connectivity index (χ0v) is 8.85. The van der Waals surface area contributed by atoms with Crippen LogP contribution in [0.1, 0.15) is 0 Å². The predicted octanol–water partition coefficient (Wildman–Crippen LogP) is 1.48. The first-order chi connectivity index (χ1) is 7.54. The first-order valence-electron chi connectivity index (χ1n) is 4.26. The van der Waals surface area contributed by atoms with Crippen molar-refractivity contribution in [1.29, 1.82) is 5.26 Å². The maximum atomic E-state index is 10.6. The Balaban J connectivity index is 2.89. The van der Waals surface area contributed by atoms with Crippen molar-refractivity contribution in [2.45, 2.75) is 6.04 Å². The van der Waals surface area contributed by atoms with Crippen molar-refractivity contribution in [3.05, 3.63) is 33.3 Å². The standard InChI is InChI=1S/C9H8ClN3O3/c10-6-1-2-8(13(14)15)9(3-6)16-5-7(12)4-11/h1-3,7H,5,12H2. The lowest BCUT2D eigenvalue weighted by atomic mass is 10.3. The van der Waals surface area contributed by atoms with Gasteiger partial charge in [0.25, 0.3) is 0 Å². The monoisotopic (exact) mass is 241 g/mol. The number of ether oxygens (including phenoxy) is 1. The fraction of sp³-hybridized carbons (Fsp3) is 0.222. The van der Waals surface area contributed by atoms with Crippen molar-refractivity contribution in [2.24, 2.45) is 5.73 Å². The minimum Gasteiger partial charge on any atom is -0.484 e. The molecule has 1 unspecified atom stereocenters. The smallest absolute Gasteiger partial charge is 0.311 e. The molecular weight excluding hydrogens is 234 g/mol. The lowest BCUT2D eigenvalue weighted by molar-refractivity contribution is -0.385. The highest BCUT2D eigenvalue weighted by Crippen LogP contribution is 2.29. The van der Waals surface area contributed by atoms with Gasteiger partial charge in [0.2, 0.25) is 0 Å². The van der Waals surface area contributed by atoms with Gasteiger partial charge >= 0.3 is 5.69 Å². The number of hydrogen-bond donors (Lipinski definition) is 1. The van der Waals surface area contributed by atoms with E-state index in [0.717, 1.165) is 0 Å². The average molecular weight is 242 g/mol. The van der Waals surface area contributed by atoms with Gasteiger partial charge in [0.05, 0.1) is 11.0 Å². The van der Waals surface area contributed by atoms with Crippen LogP contribution in [0.3, 0.4) is 0 Å². The van der Waals surface area contributed by atoms with Gasteiger partial charge in [-0.1, -0.05) is 11.6 Å². The molecule has 0 saturated heterocycles. The summed E-state index contributed by atoms with van der Waals surface area (Å²) in [6.07, 6.45) is 0. The van der Waals surface area contributed by atoms with E-state index in [1.807, 2.05) is 0 Å². The molecule has 1 aromatic carbocycles. The van der Waals surface area contributed by atoms with E-state index in [1.165, 1.54) is 18.2 Å². The molecule has 1 rings (SSSR count). The van der Waals surface area contributed by atoms with Crippen LogP contribution in [0.15, 0.2) is 18.2 Å². The normalized spacial score (nSPS) is 11.6. The van der Waals surface area contributed by atoms with Crippen LogP contribution in [0.4, 0.5) is 5.69 Å². The molecule has 0 spiro atoms. The van der Waals surface area contributed by atoms with Crippen LogP contribution in [-0.4, -0.2) is 17.6 Å². The second-order valence-electron chi connectivity index (χ2n) is 2.92. The third kappa shape index (κ3) is 3.08. The zero-order chi connectivity index (χ0) is 12.1. The van der Waals surface area contributed by atoms with E-state index in [-0.39, 0.29) is 18.0 Å². The van der Waals surface area contributed by atoms with Gasteiger partial charge in [-0.3, -0.25) is 10.1 Å². The van der Waals surface area contributed by atoms with Gasteiger partial charge in [-0.25, -0.2) is 0 Å². The van der Waals surface area contributed by atoms with Crippen molar-refractivity contribution in [3.63, 3.8) is 0 Å². The van der Waals surface area contributed by atoms with Crippen LogP contribution in [0.2, 0.25) is 5.02 Å². The maximum absolute atomic E-state index is 10.6. The third-order valence-corrected chi connectivity index (χ3v) is 1.94. The maximum Gasteiger partial charge on any atom is 0.311 e. The molecule has 6 nitrogen and oxygen atoms in total. The average Bonchev–Trinajstić information content (AvgIpc) is 2.25.